The lowest BCUT2D eigenvalue weighted by Crippen LogP contribution is -1.97. The second-order valence-electron chi connectivity index (χ2n) is 3.59. The molecular weight excluding hydrogens is 230 g/mol. The number of nitrogens with zero attached hydrogens (tertiary/aromatic N) is 2. The lowest BCUT2D eigenvalue weighted by molar-refractivity contribution is 0.936. The topological polar surface area (TPSA) is 29.9 Å². The van der Waals surface area contributed by atoms with Crippen LogP contribution in [-0.4, -0.2) is 16.0 Å². The molecule has 0 radical (unpaired) electrons. The molecule has 1 heterocycles. The zero-order valence-electron chi connectivity index (χ0n) is 9.76. The van der Waals surface area contributed by atoms with Crippen LogP contribution in [0.4, 0.5) is 5.69 Å². The van der Waals surface area contributed by atoms with Gasteiger partial charge in [-0.25, -0.2) is 4.68 Å². The molecule has 17 heavy (non-hydrogen) atoms. The molecule has 1 aromatic carbocycles. The van der Waals surface area contributed by atoms with E-state index >= 15 is 0 Å². The molecule has 0 unspecified atom stereocenters. The highest BCUT2D eigenvalue weighted by molar-refractivity contribution is 7.98. The second kappa shape index (κ2) is 5.59. The highest BCUT2D eigenvalue weighted by Crippen LogP contribution is 2.17. The quantitative estimate of drug-likeness (QED) is 0.820. The fraction of sp³-hybridized carbons (Fsp3) is 0.154. The van der Waals surface area contributed by atoms with Gasteiger partial charge in [-0.1, -0.05) is 6.58 Å². The van der Waals surface area contributed by atoms with Crippen LogP contribution >= 0.6 is 11.8 Å². The molecule has 0 saturated carbocycles. The van der Waals surface area contributed by atoms with E-state index in [1.807, 2.05) is 12.4 Å². The molecule has 0 aliphatic carbocycles. The van der Waals surface area contributed by atoms with E-state index in [1.54, 1.807) is 22.6 Å². The molecule has 0 saturated heterocycles. The average molecular weight is 245 g/mol. The molecule has 4 heteroatoms. The van der Waals surface area contributed by atoms with Gasteiger partial charge in [-0.3, -0.25) is 0 Å². The maximum absolute atomic E-state index is 4.13. The Kier molecular flexibility index (Phi) is 3.88. The number of hydrogen-bond acceptors (Lipinski definition) is 3. The van der Waals surface area contributed by atoms with Gasteiger partial charge in [-0.05, 0) is 30.5 Å². The average Bonchev–Trinajstić information content (AvgIpc) is 2.85. The van der Waals surface area contributed by atoms with E-state index < -0.39 is 0 Å². The van der Waals surface area contributed by atoms with Crippen molar-refractivity contribution in [2.24, 2.45) is 0 Å². The molecule has 0 amide bonds. The van der Waals surface area contributed by atoms with Gasteiger partial charge in [0.05, 0.1) is 6.20 Å². The minimum Gasteiger partial charge on any atom is -0.381 e. The fourth-order valence-corrected chi connectivity index (χ4v) is 1.89. The molecule has 2 rings (SSSR count). The standard InChI is InChI=1S/C13H15N3S/c1-3-16-10-11(9-15-16)8-14-12-4-6-13(17-2)7-5-12/h3-7,9-10,14H,1,8H2,2H3. The van der Waals surface area contributed by atoms with Crippen LogP contribution in [0.2, 0.25) is 0 Å². The van der Waals surface area contributed by atoms with Crippen molar-refractivity contribution in [1.82, 2.24) is 9.78 Å². The third-order valence-corrected chi connectivity index (χ3v) is 3.17. The van der Waals surface area contributed by atoms with E-state index in [0.29, 0.717) is 0 Å². The zero-order valence-corrected chi connectivity index (χ0v) is 10.6. The Morgan fingerprint density at radius 3 is 2.76 bits per heavy atom. The summed E-state index contributed by atoms with van der Waals surface area (Å²) < 4.78 is 1.70. The predicted molar refractivity (Wildman–Crippen MR) is 74.2 cm³/mol. The van der Waals surface area contributed by atoms with E-state index in [-0.39, 0.29) is 0 Å². The minimum atomic E-state index is 0.770. The van der Waals surface area contributed by atoms with Crippen LogP contribution in [0, 0.1) is 0 Å². The Balaban J connectivity index is 1.94. The lowest BCUT2D eigenvalue weighted by Gasteiger charge is -2.05. The third kappa shape index (κ3) is 3.14. The molecule has 3 nitrogen and oxygen atoms in total. The van der Waals surface area contributed by atoms with E-state index in [0.717, 1.165) is 17.8 Å². The van der Waals surface area contributed by atoms with Crippen molar-refractivity contribution in [2.75, 3.05) is 11.6 Å². The SMILES string of the molecule is C=Cn1cc(CNc2ccc(SC)cc2)cn1. The Bertz CT molecular complexity index is 488. The summed E-state index contributed by atoms with van der Waals surface area (Å²) in [7, 11) is 0. The molecule has 0 bridgehead atoms. The molecular formula is C13H15N3S. The summed E-state index contributed by atoms with van der Waals surface area (Å²) >= 11 is 1.75. The molecule has 1 aromatic heterocycles. The number of aromatic nitrogens is 2. The summed E-state index contributed by atoms with van der Waals surface area (Å²) in [6.45, 7) is 4.43. The Hall–Kier alpha value is -1.68. The van der Waals surface area contributed by atoms with E-state index in [9.17, 15) is 0 Å². The van der Waals surface area contributed by atoms with Crippen LogP contribution in [0.25, 0.3) is 6.20 Å². The molecule has 1 N–H and O–H groups in total. The maximum atomic E-state index is 4.13. The number of hydrogen-bond donors (Lipinski definition) is 1. The number of nitrogens with one attached hydrogen (secondary N) is 1. The van der Waals surface area contributed by atoms with E-state index in [2.05, 4.69) is 47.5 Å². The van der Waals surface area contributed by atoms with Crippen molar-refractivity contribution in [3.05, 3.63) is 48.8 Å². The fourth-order valence-electron chi connectivity index (χ4n) is 1.48. The van der Waals surface area contributed by atoms with Crippen LogP contribution in [0.15, 0.2) is 48.1 Å². The number of thioether (sulfide) groups is 1. The molecule has 0 fully saturated rings. The van der Waals surface area contributed by atoms with Crippen molar-refractivity contribution in [1.29, 1.82) is 0 Å². The minimum absolute atomic E-state index is 0.770. The van der Waals surface area contributed by atoms with E-state index in [1.165, 1.54) is 4.90 Å². The summed E-state index contributed by atoms with van der Waals surface area (Å²) in [6.07, 6.45) is 7.55. The van der Waals surface area contributed by atoms with Gasteiger partial charge in [0.2, 0.25) is 0 Å². The van der Waals surface area contributed by atoms with Crippen molar-refractivity contribution in [3.63, 3.8) is 0 Å². The first-order chi connectivity index (χ1) is 8.31. The van der Waals surface area contributed by atoms with Gasteiger partial charge < -0.3 is 5.32 Å². The first-order valence-electron chi connectivity index (χ1n) is 5.35. The highest BCUT2D eigenvalue weighted by Gasteiger charge is 1.97. The number of anilines is 1. The zero-order chi connectivity index (χ0) is 12.1. The maximum Gasteiger partial charge on any atom is 0.0543 e. The van der Waals surface area contributed by atoms with Gasteiger partial charge in [0.15, 0.2) is 0 Å². The van der Waals surface area contributed by atoms with Crippen LogP contribution in [0.3, 0.4) is 0 Å². The van der Waals surface area contributed by atoms with Gasteiger partial charge in [-0.2, -0.15) is 5.10 Å². The summed E-state index contributed by atoms with van der Waals surface area (Å²) in [4.78, 5) is 1.27. The van der Waals surface area contributed by atoms with Gasteiger partial charge in [0.1, 0.15) is 0 Å². The summed E-state index contributed by atoms with van der Waals surface area (Å²) in [5.41, 5.74) is 2.26. The number of rotatable bonds is 5. The Morgan fingerprint density at radius 2 is 2.18 bits per heavy atom. The second-order valence-corrected chi connectivity index (χ2v) is 4.47. The van der Waals surface area contributed by atoms with Gasteiger partial charge in [0.25, 0.3) is 0 Å². The summed E-state index contributed by atoms with van der Waals surface area (Å²) in [5, 5.41) is 7.48. The van der Waals surface area contributed by atoms with Crippen molar-refractivity contribution in [2.45, 2.75) is 11.4 Å². The summed E-state index contributed by atoms with van der Waals surface area (Å²) in [6, 6.07) is 8.40. The number of benzene rings is 1. The molecule has 2 aromatic rings. The van der Waals surface area contributed by atoms with Gasteiger partial charge >= 0.3 is 0 Å². The molecule has 0 aliphatic heterocycles. The smallest absolute Gasteiger partial charge is 0.0543 e. The molecule has 0 spiro atoms. The highest BCUT2D eigenvalue weighted by atomic mass is 32.2. The first-order valence-corrected chi connectivity index (χ1v) is 6.58. The molecule has 0 atom stereocenters. The summed E-state index contributed by atoms with van der Waals surface area (Å²) in [5.74, 6) is 0. The van der Waals surface area contributed by atoms with Crippen molar-refractivity contribution < 1.29 is 0 Å². The van der Waals surface area contributed by atoms with Crippen molar-refractivity contribution >= 4 is 23.6 Å². The normalized spacial score (nSPS) is 10.2. The predicted octanol–water partition coefficient (Wildman–Crippen LogP) is 3.32. The molecule has 88 valence electrons. The Labute approximate surface area is 106 Å². The monoisotopic (exact) mass is 245 g/mol. The van der Waals surface area contributed by atoms with Crippen LogP contribution in [0.1, 0.15) is 5.56 Å². The van der Waals surface area contributed by atoms with Crippen LogP contribution in [0.5, 0.6) is 0 Å². The molecule has 0 aliphatic rings. The van der Waals surface area contributed by atoms with Crippen LogP contribution < -0.4 is 5.32 Å². The van der Waals surface area contributed by atoms with Gasteiger partial charge in [0, 0.05) is 35.1 Å². The van der Waals surface area contributed by atoms with E-state index in [4.69, 9.17) is 0 Å². The third-order valence-electron chi connectivity index (χ3n) is 2.43. The van der Waals surface area contributed by atoms with Gasteiger partial charge in [-0.15, -0.1) is 11.8 Å². The largest absolute Gasteiger partial charge is 0.381 e. The Morgan fingerprint density at radius 1 is 1.41 bits per heavy atom. The first kappa shape index (κ1) is 11.8. The van der Waals surface area contributed by atoms with Crippen molar-refractivity contribution in [3.8, 4) is 0 Å². The lowest BCUT2D eigenvalue weighted by atomic mass is 10.3. The van der Waals surface area contributed by atoms with Crippen LogP contribution in [-0.2, 0) is 6.54 Å².